The molecule has 12 heteroatoms. The maximum atomic E-state index is 5.25. The van der Waals surface area contributed by atoms with E-state index in [1.165, 1.54) is 0 Å². The third kappa shape index (κ3) is 19.4. The average molecular weight is 1920 g/mol. The van der Waals surface area contributed by atoms with Gasteiger partial charge >= 0.3 is 0 Å². The molecule has 0 N–H and O–H groups in total. The smallest absolute Gasteiger partial charge is 0.165 e. The first-order valence-corrected chi connectivity index (χ1v) is 50.1. The van der Waals surface area contributed by atoms with Crippen LogP contribution in [0.4, 0.5) is 0 Å². The summed E-state index contributed by atoms with van der Waals surface area (Å²) in [5.41, 5.74) is 38.6. The van der Waals surface area contributed by atoms with Crippen LogP contribution < -0.4 is 0 Å². The second kappa shape index (κ2) is 41.2. The second-order valence-electron chi connectivity index (χ2n) is 37.1. The minimum Gasteiger partial charge on any atom is -0.255 e. The van der Waals surface area contributed by atoms with Crippen molar-refractivity contribution in [3.63, 3.8) is 0 Å². The van der Waals surface area contributed by atoms with E-state index in [-0.39, 0.29) is 0 Å². The molecule has 19 aromatic carbocycles. The normalized spacial score (nSPS) is 11.2. The fourth-order valence-electron chi connectivity index (χ4n) is 19.7. The summed E-state index contributed by atoms with van der Waals surface area (Å²) in [6.07, 6.45) is 5.62. The largest absolute Gasteiger partial charge is 0.255 e. The Morgan fingerprint density at radius 3 is 0.413 bits per heavy atom. The molecule has 6 heterocycles. The Morgan fingerprint density at radius 2 is 0.227 bits per heavy atom. The molecular formula is C138H90N12. The fourth-order valence-corrected chi connectivity index (χ4v) is 19.7. The van der Waals surface area contributed by atoms with Gasteiger partial charge in [0.25, 0.3) is 0 Å². The Labute approximate surface area is 869 Å². The number of rotatable bonds is 24. The molecule has 0 saturated heterocycles. The Morgan fingerprint density at radius 1 is 0.0867 bits per heavy atom. The van der Waals surface area contributed by atoms with Crippen LogP contribution in [0.5, 0.6) is 0 Å². The molecule has 12 nitrogen and oxygen atoms in total. The zero-order valence-electron chi connectivity index (χ0n) is 81.3. The summed E-state index contributed by atoms with van der Waals surface area (Å²) in [4.78, 5) is 62.2. The molecule has 150 heavy (non-hydrogen) atoms. The quantitative estimate of drug-likeness (QED) is 0.0565. The lowest BCUT2D eigenvalue weighted by atomic mass is 9.86. The van der Waals surface area contributed by atoms with E-state index in [0.717, 1.165) is 217 Å². The van der Waals surface area contributed by atoms with E-state index in [2.05, 4.69) is 400 Å². The third-order valence-electron chi connectivity index (χ3n) is 27.4. The number of aromatic nitrogens is 12. The summed E-state index contributed by atoms with van der Waals surface area (Å²) in [5, 5.41) is 0. The molecule has 25 aromatic rings. The number of hydrogen-bond acceptors (Lipinski definition) is 12. The van der Waals surface area contributed by atoms with Gasteiger partial charge in [-0.1, -0.05) is 419 Å². The van der Waals surface area contributed by atoms with Gasteiger partial charge < -0.3 is 0 Å². The molecule has 25 rings (SSSR count). The maximum absolute atomic E-state index is 5.25. The monoisotopic (exact) mass is 1910 g/mol. The molecule has 702 valence electrons. The van der Waals surface area contributed by atoms with Gasteiger partial charge in [0, 0.05) is 85.4 Å². The molecule has 0 aliphatic rings. The molecule has 0 fully saturated rings. The Bertz CT molecular complexity index is 8150. The first-order chi connectivity index (χ1) is 74.2. The molecule has 6 aromatic heterocycles. The van der Waals surface area contributed by atoms with Gasteiger partial charge in [-0.3, -0.25) is 15.0 Å². The molecule has 0 atom stereocenters. The Hall–Kier alpha value is -20.3. The lowest BCUT2D eigenvalue weighted by molar-refractivity contribution is 1.07. The zero-order chi connectivity index (χ0) is 99.8. The molecule has 0 radical (unpaired) electrons. The van der Waals surface area contributed by atoms with Gasteiger partial charge in [0.2, 0.25) is 0 Å². The summed E-state index contributed by atoms with van der Waals surface area (Å²) < 4.78 is 0. The van der Waals surface area contributed by atoms with Crippen LogP contribution in [0.1, 0.15) is 0 Å². The highest BCUT2D eigenvalue weighted by Gasteiger charge is 2.25. The third-order valence-corrected chi connectivity index (χ3v) is 27.4. The van der Waals surface area contributed by atoms with Gasteiger partial charge in [0.05, 0.1) is 17.1 Å². The van der Waals surface area contributed by atoms with Crippen molar-refractivity contribution in [3.05, 3.63) is 546 Å². The average Bonchev–Trinajstić information content (AvgIpc) is 0.773. The lowest BCUT2D eigenvalue weighted by Crippen LogP contribution is -2.01. The van der Waals surface area contributed by atoms with E-state index in [9.17, 15) is 0 Å². The van der Waals surface area contributed by atoms with Gasteiger partial charge in [-0.25, -0.2) is 44.9 Å². The second-order valence-corrected chi connectivity index (χ2v) is 37.1. The molecule has 0 spiro atoms. The van der Waals surface area contributed by atoms with E-state index in [1.54, 1.807) is 0 Å². The summed E-state index contributed by atoms with van der Waals surface area (Å²) in [6, 6.07) is 185. The van der Waals surface area contributed by atoms with E-state index in [4.69, 9.17) is 59.8 Å². The highest BCUT2D eigenvalue weighted by molar-refractivity contribution is 5.96. The van der Waals surface area contributed by atoms with Crippen LogP contribution in [-0.2, 0) is 0 Å². The molecular weight excluding hydrogens is 1830 g/mol. The maximum Gasteiger partial charge on any atom is 0.165 e. The van der Waals surface area contributed by atoms with Crippen LogP contribution in [0.25, 0.3) is 270 Å². The SMILES string of the molecule is c1ccc(-c2cc(-c3ccccc3)cc(-c3nc(-c4ccccc4)nc(-c4ccc(-c5ccc(-c6ccccc6-c6cc(-c7ccccc7-c7ccc(-c8ccc(-c9nc(-c%10ccccc%10)nc(-c%10cc(-c%11ccccc%11)cc(-c%11ccccc%11)c%10)n9)cn8)cc7)cc(-c7ccccc7-c7ccc(-c8ccc(-c9nc(-c%10ccccc%10)nc(-c%10cc(-c%11ccccc%11)cc(-c%11ccccc%11)c%10)n9)cn8)cc7)c6)cc5)nc4)n3)c2)cc1. The predicted octanol–water partition coefficient (Wildman–Crippen LogP) is 34.4. The summed E-state index contributed by atoms with van der Waals surface area (Å²) in [7, 11) is 0. The van der Waals surface area contributed by atoms with Crippen LogP contribution in [0, 0.1) is 0 Å². The molecule has 0 aliphatic heterocycles. The lowest BCUT2D eigenvalue weighted by Gasteiger charge is -2.18. The van der Waals surface area contributed by atoms with Crippen molar-refractivity contribution in [2.45, 2.75) is 0 Å². The van der Waals surface area contributed by atoms with Gasteiger partial charge in [-0.05, 0) is 243 Å². The molecule has 0 bridgehead atoms. The van der Waals surface area contributed by atoms with Gasteiger partial charge in [0.1, 0.15) is 0 Å². The number of pyridine rings is 3. The first kappa shape index (κ1) is 90.9. The van der Waals surface area contributed by atoms with Crippen molar-refractivity contribution in [3.8, 4) is 270 Å². The van der Waals surface area contributed by atoms with Gasteiger partial charge in [0.15, 0.2) is 52.4 Å². The van der Waals surface area contributed by atoms with E-state index in [1.807, 2.05) is 146 Å². The highest BCUT2D eigenvalue weighted by atomic mass is 15.1. The number of hydrogen-bond donors (Lipinski definition) is 0. The van der Waals surface area contributed by atoms with Crippen molar-refractivity contribution in [1.82, 2.24) is 59.8 Å². The van der Waals surface area contributed by atoms with Gasteiger partial charge in [-0.15, -0.1) is 0 Å². The van der Waals surface area contributed by atoms with Crippen LogP contribution in [0.3, 0.4) is 0 Å². The standard InChI is InChI=1S/C138H90N12/c1-10-34-91(35-11-1)109-76-110(92-36-12-2-13-37-92)80-118(79-109)136-145-130(103-46-22-7-23-47-103)142-133(148-136)106-70-73-127(139-88-106)100-64-58-97(59-65-100)121-52-28-31-55-124(121)115-85-116(125-56-32-29-53-122(125)98-60-66-101(67-61-98)128-74-71-107(89-140-128)134-143-131(104-48-24-8-25-49-104)146-137(149-134)119-81-111(93-38-14-3-15-39-93)77-112(82-119)94-40-16-4-17-41-94)87-117(86-115)126-57-33-30-54-123(126)99-62-68-102(69-63-99)129-75-72-108(90-141-129)135-144-132(105-50-26-9-27-51-105)147-138(150-135)120-83-113(95-42-18-5-19-43-95)78-114(84-120)96-44-20-6-21-45-96/h1-90H. The highest BCUT2D eigenvalue weighted by Crippen LogP contribution is 2.46. The Kier molecular flexibility index (Phi) is 25.0. The van der Waals surface area contributed by atoms with Crippen molar-refractivity contribution in [2.75, 3.05) is 0 Å². The summed E-state index contributed by atoms with van der Waals surface area (Å²) >= 11 is 0. The molecule has 0 aliphatic carbocycles. The van der Waals surface area contributed by atoms with E-state index < -0.39 is 0 Å². The molecule has 0 amide bonds. The number of nitrogens with zero attached hydrogens (tertiary/aromatic N) is 12. The van der Waals surface area contributed by atoms with Crippen LogP contribution in [0.2, 0.25) is 0 Å². The van der Waals surface area contributed by atoms with Gasteiger partial charge in [-0.2, -0.15) is 0 Å². The topological polar surface area (TPSA) is 155 Å². The van der Waals surface area contributed by atoms with Crippen molar-refractivity contribution < 1.29 is 0 Å². The van der Waals surface area contributed by atoms with Crippen LogP contribution in [0.15, 0.2) is 546 Å². The van der Waals surface area contributed by atoms with Crippen LogP contribution in [-0.4, -0.2) is 59.8 Å². The predicted molar refractivity (Wildman–Crippen MR) is 610 cm³/mol. The number of benzene rings is 19. The van der Waals surface area contributed by atoms with Crippen LogP contribution >= 0.6 is 0 Å². The summed E-state index contributed by atoms with van der Waals surface area (Å²) in [6.45, 7) is 0. The first-order valence-electron chi connectivity index (χ1n) is 50.1. The fraction of sp³-hybridized carbons (Fsp3) is 0. The zero-order valence-corrected chi connectivity index (χ0v) is 81.3. The van der Waals surface area contributed by atoms with E-state index >= 15 is 0 Å². The molecule has 0 saturated carbocycles. The Balaban J connectivity index is 0.547. The van der Waals surface area contributed by atoms with Crippen molar-refractivity contribution in [1.29, 1.82) is 0 Å². The van der Waals surface area contributed by atoms with Crippen molar-refractivity contribution in [2.24, 2.45) is 0 Å². The minimum atomic E-state index is 0.520. The van der Waals surface area contributed by atoms with E-state index in [0.29, 0.717) is 52.4 Å². The minimum absolute atomic E-state index is 0.520. The van der Waals surface area contributed by atoms with Crippen molar-refractivity contribution >= 4 is 0 Å². The summed E-state index contributed by atoms with van der Waals surface area (Å²) in [5.74, 6) is 4.95. The molecule has 0 unspecified atom stereocenters.